The molecule has 0 fully saturated rings. The summed E-state index contributed by atoms with van der Waals surface area (Å²) in [4.78, 5) is 18.0. The summed E-state index contributed by atoms with van der Waals surface area (Å²) in [6.45, 7) is 0.592. The standard InChI is InChI=1S/C20H23N5OS/c1-25(2)17(15-9-5-3-6-10-15)13-21-18(26)14-27-20-22-19(23-24-20)16-11-7-4-8-12-16/h3-12,17H,13-14H2,1-2H3,(H,21,26)(H,22,23,24)/p+1/t17-/m0/s1. The van der Waals surface area contributed by atoms with Crippen LogP contribution in [-0.4, -0.2) is 47.5 Å². The molecule has 7 heteroatoms. The van der Waals surface area contributed by atoms with E-state index in [9.17, 15) is 4.79 Å². The molecule has 0 spiro atoms. The Morgan fingerprint density at radius 1 is 1.11 bits per heavy atom. The van der Waals surface area contributed by atoms with Gasteiger partial charge in [0.05, 0.1) is 26.4 Å². The van der Waals surface area contributed by atoms with E-state index < -0.39 is 0 Å². The van der Waals surface area contributed by atoms with E-state index in [2.05, 4.69) is 46.7 Å². The highest BCUT2D eigenvalue weighted by Crippen LogP contribution is 2.18. The number of rotatable bonds is 8. The minimum absolute atomic E-state index is 0.0201. The minimum atomic E-state index is -0.0201. The number of aromatic amines is 1. The van der Waals surface area contributed by atoms with Gasteiger partial charge in [0, 0.05) is 11.1 Å². The van der Waals surface area contributed by atoms with Crippen LogP contribution < -0.4 is 10.2 Å². The summed E-state index contributed by atoms with van der Waals surface area (Å²) in [6, 6.07) is 20.3. The fourth-order valence-electron chi connectivity index (χ4n) is 2.77. The number of benzene rings is 2. The third kappa shape index (κ3) is 5.42. The van der Waals surface area contributed by atoms with Gasteiger partial charge >= 0.3 is 0 Å². The lowest BCUT2D eigenvalue weighted by Crippen LogP contribution is -3.07. The maximum atomic E-state index is 12.2. The number of H-pyrrole nitrogens is 1. The number of amides is 1. The fraction of sp³-hybridized carbons (Fsp3) is 0.250. The Morgan fingerprint density at radius 3 is 2.44 bits per heavy atom. The first kappa shape index (κ1) is 19.1. The van der Waals surface area contributed by atoms with E-state index in [0.29, 0.717) is 17.5 Å². The van der Waals surface area contributed by atoms with Crippen LogP contribution in [0, 0.1) is 0 Å². The molecule has 6 nitrogen and oxygen atoms in total. The van der Waals surface area contributed by atoms with E-state index in [4.69, 9.17) is 0 Å². The van der Waals surface area contributed by atoms with Crippen molar-refractivity contribution in [3.05, 3.63) is 66.2 Å². The molecule has 0 aliphatic rings. The third-order valence-corrected chi connectivity index (χ3v) is 5.09. The summed E-state index contributed by atoms with van der Waals surface area (Å²) in [5.74, 6) is 0.975. The predicted octanol–water partition coefficient (Wildman–Crippen LogP) is 1.57. The van der Waals surface area contributed by atoms with Gasteiger partial charge in [0.15, 0.2) is 5.82 Å². The van der Waals surface area contributed by atoms with Gasteiger partial charge in [-0.15, -0.1) is 5.10 Å². The second kappa shape index (κ2) is 9.34. The van der Waals surface area contributed by atoms with Gasteiger partial charge in [-0.2, -0.15) is 0 Å². The number of quaternary nitrogens is 1. The molecule has 1 heterocycles. The van der Waals surface area contributed by atoms with E-state index >= 15 is 0 Å². The molecule has 3 rings (SSSR count). The van der Waals surface area contributed by atoms with Crippen molar-refractivity contribution in [2.45, 2.75) is 11.2 Å². The van der Waals surface area contributed by atoms with Crippen molar-refractivity contribution >= 4 is 17.7 Å². The highest BCUT2D eigenvalue weighted by molar-refractivity contribution is 7.99. The number of nitrogens with zero attached hydrogens (tertiary/aromatic N) is 2. The number of hydrogen-bond donors (Lipinski definition) is 3. The van der Waals surface area contributed by atoms with Crippen molar-refractivity contribution in [2.75, 3.05) is 26.4 Å². The lowest BCUT2D eigenvalue weighted by atomic mass is 10.1. The van der Waals surface area contributed by atoms with Crippen molar-refractivity contribution in [1.82, 2.24) is 20.5 Å². The maximum absolute atomic E-state index is 12.2. The van der Waals surface area contributed by atoms with E-state index in [1.807, 2.05) is 48.5 Å². The van der Waals surface area contributed by atoms with E-state index in [0.717, 1.165) is 5.56 Å². The topological polar surface area (TPSA) is 75.1 Å². The van der Waals surface area contributed by atoms with Crippen LogP contribution in [0.25, 0.3) is 11.4 Å². The number of aromatic nitrogens is 3. The van der Waals surface area contributed by atoms with E-state index in [1.54, 1.807) is 0 Å². The van der Waals surface area contributed by atoms with Crippen LogP contribution in [0.5, 0.6) is 0 Å². The molecule has 1 amide bonds. The average Bonchev–Trinajstić information content (AvgIpc) is 3.17. The zero-order chi connectivity index (χ0) is 19.1. The summed E-state index contributed by atoms with van der Waals surface area (Å²) in [7, 11) is 4.19. The summed E-state index contributed by atoms with van der Waals surface area (Å²) in [5.41, 5.74) is 2.19. The van der Waals surface area contributed by atoms with Crippen LogP contribution >= 0.6 is 11.8 Å². The quantitative estimate of drug-likeness (QED) is 0.517. The van der Waals surface area contributed by atoms with Crippen LogP contribution in [0.3, 0.4) is 0 Å². The molecular weight excluding hydrogens is 358 g/mol. The molecule has 3 N–H and O–H groups in total. The van der Waals surface area contributed by atoms with Gasteiger partial charge in [-0.1, -0.05) is 72.4 Å². The molecule has 3 aromatic rings. The Bertz CT molecular complexity index is 851. The molecule has 1 atom stereocenters. The Hall–Kier alpha value is -2.64. The van der Waals surface area contributed by atoms with Crippen LogP contribution in [0.1, 0.15) is 11.6 Å². The molecule has 0 unspecified atom stereocenters. The van der Waals surface area contributed by atoms with Gasteiger partial charge < -0.3 is 10.2 Å². The molecule has 27 heavy (non-hydrogen) atoms. The smallest absolute Gasteiger partial charge is 0.230 e. The lowest BCUT2D eigenvalue weighted by molar-refractivity contribution is -0.890. The second-order valence-electron chi connectivity index (χ2n) is 6.47. The first-order chi connectivity index (χ1) is 13.1. The third-order valence-electron chi connectivity index (χ3n) is 4.25. The van der Waals surface area contributed by atoms with Gasteiger partial charge in [0.1, 0.15) is 6.04 Å². The Balaban J connectivity index is 1.50. The van der Waals surface area contributed by atoms with E-state index in [-0.39, 0.29) is 17.7 Å². The maximum Gasteiger partial charge on any atom is 0.230 e. The molecule has 0 saturated carbocycles. The van der Waals surface area contributed by atoms with Crippen LogP contribution in [0.15, 0.2) is 65.8 Å². The molecule has 0 bridgehead atoms. The molecular formula is C20H24N5OS+. The number of likely N-dealkylation sites (N-methyl/N-ethyl adjacent to an activating group) is 1. The summed E-state index contributed by atoms with van der Waals surface area (Å²) in [6.07, 6.45) is 0. The zero-order valence-electron chi connectivity index (χ0n) is 15.5. The SMILES string of the molecule is C[NH+](C)[C@@H](CNC(=O)CSc1n[nH]c(-c2ccccc2)n1)c1ccccc1. The molecule has 0 saturated heterocycles. The van der Waals surface area contributed by atoms with Crippen molar-refractivity contribution in [2.24, 2.45) is 0 Å². The Labute approximate surface area is 163 Å². The monoisotopic (exact) mass is 382 g/mol. The van der Waals surface area contributed by atoms with E-state index in [1.165, 1.54) is 22.2 Å². The van der Waals surface area contributed by atoms with Crippen LogP contribution in [-0.2, 0) is 4.79 Å². The van der Waals surface area contributed by atoms with Crippen molar-refractivity contribution < 1.29 is 9.69 Å². The van der Waals surface area contributed by atoms with Gasteiger partial charge in [0.25, 0.3) is 0 Å². The lowest BCUT2D eigenvalue weighted by Gasteiger charge is -2.22. The predicted molar refractivity (Wildman–Crippen MR) is 108 cm³/mol. The van der Waals surface area contributed by atoms with Gasteiger partial charge in [0.2, 0.25) is 11.1 Å². The molecule has 2 aromatic carbocycles. The number of nitrogens with one attached hydrogen (secondary N) is 3. The normalized spacial score (nSPS) is 12.1. The molecule has 0 radical (unpaired) electrons. The van der Waals surface area contributed by atoms with Gasteiger partial charge in [-0.25, -0.2) is 4.98 Å². The molecule has 0 aliphatic heterocycles. The number of carbonyl (C=O) groups is 1. The molecule has 1 aromatic heterocycles. The highest BCUT2D eigenvalue weighted by atomic mass is 32.2. The zero-order valence-corrected chi connectivity index (χ0v) is 16.3. The first-order valence-corrected chi connectivity index (χ1v) is 9.84. The molecule has 140 valence electrons. The van der Waals surface area contributed by atoms with Crippen molar-refractivity contribution in [3.63, 3.8) is 0 Å². The minimum Gasteiger partial charge on any atom is -0.349 e. The summed E-state index contributed by atoms with van der Waals surface area (Å²) < 4.78 is 0. The average molecular weight is 383 g/mol. The summed E-state index contributed by atoms with van der Waals surface area (Å²) in [5, 5.41) is 10.7. The fourth-order valence-corrected chi connectivity index (χ4v) is 3.40. The largest absolute Gasteiger partial charge is 0.349 e. The van der Waals surface area contributed by atoms with Gasteiger partial charge in [-0.3, -0.25) is 9.89 Å². The summed E-state index contributed by atoms with van der Waals surface area (Å²) >= 11 is 1.33. The van der Waals surface area contributed by atoms with Crippen molar-refractivity contribution in [1.29, 1.82) is 0 Å². The Morgan fingerprint density at radius 2 is 1.78 bits per heavy atom. The molecule has 0 aliphatic carbocycles. The second-order valence-corrected chi connectivity index (χ2v) is 7.41. The highest BCUT2D eigenvalue weighted by Gasteiger charge is 2.18. The number of hydrogen-bond acceptors (Lipinski definition) is 4. The number of thioether (sulfide) groups is 1. The van der Waals surface area contributed by atoms with Gasteiger partial charge in [-0.05, 0) is 0 Å². The van der Waals surface area contributed by atoms with Crippen molar-refractivity contribution in [3.8, 4) is 11.4 Å². The Kier molecular flexibility index (Phi) is 6.62. The van der Waals surface area contributed by atoms with Crippen LogP contribution in [0.2, 0.25) is 0 Å². The van der Waals surface area contributed by atoms with Crippen LogP contribution in [0.4, 0.5) is 0 Å². The first-order valence-electron chi connectivity index (χ1n) is 8.86. The number of carbonyl (C=O) groups excluding carboxylic acids is 1.